The number of aromatic nitrogens is 1. The van der Waals surface area contributed by atoms with Crippen molar-refractivity contribution in [1.29, 1.82) is 0 Å². The summed E-state index contributed by atoms with van der Waals surface area (Å²) in [4.78, 5) is 19.1. The second kappa shape index (κ2) is 5.55. The highest BCUT2D eigenvalue weighted by Crippen LogP contribution is 2.14. The Morgan fingerprint density at radius 2 is 2.17 bits per heavy atom. The van der Waals surface area contributed by atoms with Crippen LogP contribution in [-0.2, 0) is 0 Å². The number of carboxylic acid groups (broad SMARTS) is 1. The molecule has 0 aliphatic rings. The van der Waals surface area contributed by atoms with Crippen LogP contribution < -0.4 is 0 Å². The number of carbonyl (C=O) groups is 1. The molecular formula is C13H9BrN2O2. The van der Waals surface area contributed by atoms with Gasteiger partial charge in [0.2, 0.25) is 0 Å². The van der Waals surface area contributed by atoms with Gasteiger partial charge in [-0.25, -0.2) is 9.78 Å². The Morgan fingerprint density at radius 3 is 2.83 bits per heavy atom. The lowest BCUT2D eigenvalue weighted by Crippen LogP contribution is -1.94. The summed E-state index contributed by atoms with van der Waals surface area (Å²) >= 11 is 3.25. The summed E-state index contributed by atoms with van der Waals surface area (Å²) in [6, 6.07) is 10.1. The maximum absolute atomic E-state index is 10.8. The van der Waals surface area contributed by atoms with Gasteiger partial charge >= 0.3 is 5.97 Å². The molecule has 90 valence electrons. The highest BCUT2D eigenvalue weighted by Gasteiger charge is 2.01. The summed E-state index contributed by atoms with van der Waals surface area (Å²) in [6.45, 7) is 0. The number of hydrogen-bond donors (Lipinski definition) is 1. The van der Waals surface area contributed by atoms with Gasteiger partial charge in [-0.2, -0.15) is 0 Å². The summed E-state index contributed by atoms with van der Waals surface area (Å²) < 4.78 is 0.757. The van der Waals surface area contributed by atoms with Crippen LogP contribution in [0, 0.1) is 0 Å². The van der Waals surface area contributed by atoms with Gasteiger partial charge in [0.15, 0.2) is 0 Å². The molecule has 1 aromatic heterocycles. The molecule has 1 N–H and O–H groups in total. The minimum Gasteiger partial charge on any atom is -0.478 e. The van der Waals surface area contributed by atoms with E-state index < -0.39 is 5.97 Å². The van der Waals surface area contributed by atoms with Gasteiger partial charge in [0.25, 0.3) is 0 Å². The van der Waals surface area contributed by atoms with Crippen LogP contribution in [0.5, 0.6) is 0 Å². The lowest BCUT2D eigenvalue weighted by molar-refractivity contribution is 0.0697. The monoisotopic (exact) mass is 304 g/mol. The molecule has 2 aromatic rings. The van der Waals surface area contributed by atoms with Crippen LogP contribution in [0.2, 0.25) is 0 Å². The lowest BCUT2D eigenvalue weighted by Gasteiger charge is -1.97. The molecule has 5 heteroatoms. The molecule has 2 rings (SSSR count). The molecule has 1 heterocycles. The van der Waals surface area contributed by atoms with Crippen molar-refractivity contribution in [3.63, 3.8) is 0 Å². The molecule has 0 fully saturated rings. The second-order valence-corrected chi connectivity index (χ2v) is 4.34. The highest BCUT2D eigenvalue weighted by atomic mass is 79.9. The first-order chi connectivity index (χ1) is 8.65. The third kappa shape index (κ3) is 3.24. The maximum Gasteiger partial charge on any atom is 0.335 e. The number of nitrogens with zero attached hydrogens (tertiary/aromatic N) is 2. The van der Waals surface area contributed by atoms with Crippen LogP contribution in [0.15, 0.2) is 52.2 Å². The van der Waals surface area contributed by atoms with Crippen LogP contribution in [0.1, 0.15) is 15.9 Å². The summed E-state index contributed by atoms with van der Waals surface area (Å²) in [5.74, 6) is -0.961. The van der Waals surface area contributed by atoms with E-state index in [1.54, 1.807) is 24.5 Å². The van der Waals surface area contributed by atoms with Crippen molar-refractivity contribution < 1.29 is 9.90 Å². The predicted molar refractivity (Wildman–Crippen MR) is 72.6 cm³/mol. The van der Waals surface area contributed by atoms with Gasteiger partial charge in [-0.1, -0.05) is 6.07 Å². The average molecular weight is 305 g/mol. The fraction of sp³-hybridized carbons (Fsp3) is 0. The molecular weight excluding hydrogens is 296 g/mol. The summed E-state index contributed by atoms with van der Waals surface area (Å²) in [5.41, 5.74) is 1.66. The standard InChI is InChI=1S/C13H9BrN2O2/c14-12-5-4-9(8-16-12)7-15-11-3-1-2-10(6-11)13(17)18/h1-8H,(H,17,18)/b15-7+. The zero-order chi connectivity index (χ0) is 13.0. The lowest BCUT2D eigenvalue weighted by atomic mass is 10.2. The van der Waals surface area contributed by atoms with Gasteiger partial charge in [-0.15, -0.1) is 0 Å². The minimum absolute atomic E-state index is 0.221. The van der Waals surface area contributed by atoms with Gasteiger partial charge < -0.3 is 5.11 Å². The van der Waals surface area contributed by atoms with Crippen LogP contribution in [0.3, 0.4) is 0 Å². The van der Waals surface area contributed by atoms with Gasteiger partial charge in [0.1, 0.15) is 4.60 Å². The van der Waals surface area contributed by atoms with E-state index in [9.17, 15) is 4.79 Å². The van der Waals surface area contributed by atoms with Crippen molar-refractivity contribution in [2.24, 2.45) is 4.99 Å². The molecule has 0 aliphatic carbocycles. The molecule has 0 aliphatic heterocycles. The van der Waals surface area contributed by atoms with E-state index in [-0.39, 0.29) is 5.56 Å². The smallest absolute Gasteiger partial charge is 0.335 e. The van der Waals surface area contributed by atoms with Gasteiger partial charge in [0, 0.05) is 18.0 Å². The zero-order valence-electron chi connectivity index (χ0n) is 9.25. The summed E-state index contributed by atoms with van der Waals surface area (Å²) in [7, 11) is 0. The number of aliphatic imine (C=N–C) groups is 1. The van der Waals surface area contributed by atoms with Gasteiger partial charge in [-0.05, 0) is 46.3 Å². The maximum atomic E-state index is 10.8. The number of halogens is 1. The Balaban J connectivity index is 2.20. The van der Waals surface area contributed by atoms with E-state index in [4.69, 9.17) is 5.11 Å². The molecule has 0 atom stereocenters. The second-order valence-electron chi connectivity index (χ2n) is 3.53. The van der Waals surface area contributed by atoms with Crippen LogP contribution in [0.25, 0.3) is 0 Å². The molecule has 0 unspecified atom stereocenters. The van der Waals surface area contributed by atoms with Crippen molar-refractivity contribution in [2.75, 3.05) is 0 Å². The number of benzene rings is 1. The molecule has 0 bridgehead atoms. The van der Waals surface area contributed by atoms with Crippen molar-refractivity contribution in [1.82, 2.24) is 4.98 Å². The molecule has 0 saturated heterocycles. The van der Waals surface area contributed by atoms with Crippen molar-refractivity contribution in [2.45, 2.75) is 0 Å². The van der Waals surface area contributed by atoms with E-state index in [1.165, 1.54) is 12.1 Å². The van der Waals surface area contributed by atoms with Crippen LogP contribution in [-0.4, -0.2) is 22.3 Å². The normalized spacial score (nSPS) is 10.7. The fourth-order valence-electron chi connectivity index (χ4n) is 1.33. The molecule has 0 amide bonds. The van der Waals surface area contributed by atoms with E-state index in [0.29, 0.717) is 5.69 Å². The summed E-state index contributed by atoms with van der Waals surface area (Å²) in [6.07, 6.45) is 3.31. The number of hydrogen-bond acceptors (Lipinski definition) is 3. The highest BCUT2D eigenvalue weighted by molar-refractivity contribution is 9.10. The van der Waals surface area contributed by atoms with Crippen molar-refractivity contribution in [3.8, 4) is 0 Å². The Labute approximate surface area is 112 Å². The Kier molecular flexibility index (Phi) is 3.84. The third-order valence-corrected chi connectivity index (χ3v) is 2.68. The zero-order valence-corrected chi connectivity index (χ0v) is 10.8. The number of carboxylic acids is 1. The SMILES string of the molecule is O=C(O)c1cccc(/N=C/c2ccc(Br)nc2)c1. The van der Waals surface area contributed by atoms with E-state index in [1.807, 2.05) is 12.1 Å². The van der Waals surface area contributed by atoms with E-state index >= 15 is 0 Å². The van der Waals surface area contributed by atoms with Crippen molar-refractivity contribution in [3.05, 3.63) is 58.3 Å². The molecule has 4 nitrogen and oxygen atoms in total. The predicted octanol–water partition coefficient (Wildman–Crippen LogP) is 3.29. The van der Waals surface area contributed by atoms with Gasteiger partial charge in [-0.3, -0.25) is 4.99 Å². The van der Waals surface area contributed by atoms with Crippen LogP contribution in [0.4, 0.5) is 5.69 Å². The first-order valence-corrected chi connectivity index (χ1v) is 5.93. The molecule has 0 radical (unpaired) electrons. The summed E-state index contributed by atoms with van der Waals surface area (Å²) in [5, 5.41) is 8.86. The number of rotatable bonds is 3. The Bertz CT molecular complexity index is 594. The topological polar surface area (TPSA) is 62.5 Å². The minimum atomic E-state index is -0.961. The molecule has 0 spiro atoms. The molecule has 0 saturated carbocycles. The van der Waals surface area contributed by atoms with Crippen molar-refractivity contribution >= 4 is 33.8 Å². The molecule has 1 aromatic carbocycles. The van der Waals surface area contributed by atoms with E-state index in [0.717, 1.165) is 10.2 Å². The first kappa shape index (κ1) is 12.4. The number of aromatic carboxylic acids is 1. The average Bonchev–Trinajstić information content (AvgIpc) is 2.38. The third-order valence-electron chi connectivity index (χ3n) is 2.21. The fourth-order valence-corrected chi connectivity index (χ4v) is 1.57. The Morgan fingerprint density at radius 1 is 1.33 bits per heavy atom. The Hall–Kier alpha value is -2.01. The quantitative estimate of drug-likeness (QED) is 0.699. The first-order valence-electron chi connectivity index (χ1n) is 5.14. The largest absolute Gasteiger partial charge is 0.478 e. The number of pyridine rings is 1. The van der Waals surface area contributed by atoms with Gasteiger partial charge in [0.05, 0.1) is 11.3 Å². The molecule has 18 heavy (non-hydrogen) atoms. The van der Waals surface area contributed by atoms with E-state index in [2.05, 4.69) is 25.9 Å². The van der Waals surface area contributed by atoms with Crippen LogP contribution >= 0.6 is 15.9 Å².